The largest absolute Gasteiger partial charge is 0.384 e. The van der Waals surface area contributed by atoms with E-state index in [0.29, 0.717) is 0 Å². The van der Waals surface area contributed by atoms with Gasteiger partial charge in [0.1, 0.15) is 24.1 Å². The number of hydrogen-bond donors (Lipinski definition) is 5. The molecule has 0 amide bonds. The van der Waals surface area contributed by atoms with Gasteiger partial charge in [0.2, 0.25) is 0 Å². The minimum Gasteiger partial charge on any atom is -0.384 e. The van der Waals surface area contributed by atoms with E-state index in [0.717, 1.165) is 17.2 Å². The molecule has 1 aliphatic heterocycles. The summed E-state index contributed by atoms with van der Waals surface area (Å²) in [7, 11) is 0. The number of nitrogens with two attached hydrogens (primary N) is 1. The molecule has 0 aromatic carbocycles. The van der Waals surface area contributed by atoms with Crippen molar-refractivity contribution in [1.29, 1.82) is 0 Å². The number of fused-ring (bicyclic) bond motifs is 1. The minimum atomic E-state index is -4.03. The molecule has 4 atom stereocenters. The lowest BCUT2D eigenvalue weighted by Gasteiger charge is -2.23. The van der Waals surface area contributed by atoms with Gasteiger partial charge in [-0.15, -0.1) is 0 Å². The van der Waals surface area contributed by atoms with Crippen molar-refractivity contribution in [2.75, 3.05) is 12.3 Å². The molecule has 3 rings (SSSR count). The first-order valence-corrected chi connectivity index (χ1v) is 9.11. The lowest BCUT2D eigenvalue weighted by molar-refractivity contribution is -0.195. The van der Waals surface area contributed by atoms with Crippen LogP contribution in [0.1, 0.15) is 6.23 Å². The van der Waals surface area contributed by atoms with E-state index in [1.54, 1.807) is 0 Å². The number of halogens is 1. The van der Waals surface area contributed by atoms with E-state index in [2.05, 4.69) is 31.3 Å². The summed E-state index contributed by atoms with van der Waals surface area (Å²) < 4.78 is 25.4. The summed E-state index contributed by atoms with van der Waals surface area (Å²) in [5.74, 6) is -3.18. The average molecular weight is 381 g/mol. The predicted octanol–water partition coefficient (Wildman–Crippen LogP) is -1.45. The number of anilines is 1. The first kappa shape index (κ1) is 17.5. The van der Waals surface area contributed by atoms with Crippen molar-refractivity contribution >= 4 is 35.5 Å². The van der Waals surface area contributed by atoms with E-state index >= 15 is 0 Å². The first-order chi connectivity index (χ1) is 11.1. The summed E-state index contributed by atoms with van der Waals surface area (Å²) in [5.41, 5.74) is 5.86. The van der Waals surface area contributed by atoms with Crippen LogP contribution in [0.3, 0.4) is 0 Å². The van der Waals surface area contributed by atoms with Crippen LogP contribution in [0.25, 0.3) is 11.2 Å². The summed E-state index contributed by atoms with van der Waals surface area (Å²) in [6.07, 6.45) is -2.95. The van der Waals surface area contributed by atoms with Crippen LogP contribution < -0.4 is 5.73 Å². The van der Waals surface area contributed by atoms with Gasteiger partial charge in [0.25, 0.3) is 5.85 Å². The van der Waals surface area contributed by atoms with Crippen LogP contribution in [0, 0.1) is 0 Å². The number of imidazole rings is 1. The van der Waals surface area contributed by atoms with Crippen LogP contribution in [0.5, 0.6) is 0 Å². The van der Waals surface area contributed by atoms with Gasteiger partial charge in [0.15, 0.2) is 17.7 Å². The highest BCUT2D eigenvalue weighted by molar-refractivity contribution is 8.06. The zero-order valence-corrected chi connectivity index (χ0v) is 13.5. The predicted molar refractivity (Wildman–Crippen MR) is 80.4 cm³/mol. The quantitative estimate of drug-likeness (QED) is 0.393. The Labute approximate surface area is 138 Å². The van der Waals surface area contributed by atoms with Crippen LogP contribution >= 0.6 is 6.72 Å². The van der Waals surface area contributed by atoms with E-state index in [4.69, 9.17) is 20.3 Å². The molecule has 132 valence electrons. The topological polar surface area (TPSA) is 169 Å². The SMILES string of the molecule is Nc1ncnc2c1ncn2[C@@H]1O[C@H](COP(O)(O)=S)[C@@H](O)[C@]1(O)F. The zero-order chi connectivity index (χ0) is 17.7. The van der Waals surface area contributed by atoms with Crippen LogP contribution in [-0.4, -0.2) is 64.2 Å². The molecule has 0 radical (unpaired) electrons. The summed E-state index contributed by atoms with van der Waals surface area (Å²) >= 11 is 4.26. The minimum absolute atomic E-state index is 0.0424. The standard InChI is InChI=1S/C10H13FN5O6PS/c11-10(18)6(17)4(1-21-23(19,20)24)22-9(10)16-3-15-5-7(12)13-2-14-8(5)16/h2-4,6,9,17-18H,1H2,(H2,12,13,14)(H2,19,20,24)/t4-,6-,9-,10-/m1/s1. The van der Waals surface area contributed by atoms with Crippen LogP contribution in [0.15, 0.2) is 12.7 Å². The van der Waals surface area contributed by atoms with Gasteiger partial charge in [-0.1, -0.05) is 0 Å². The van der Waals surface area contributed by atoms with E-state index in [1.807, 2.05) is 0 Å². The van der Waals surface area contributed by atoms with Gasteiger partial charge in [-0.2, -0.15) is 0 Å². The monoisotopic (exact) mass is 381 g/mol. The second-order valence-electron chi connectivity index (χ2n) is 5.07. The van der Waals surface area contributed by atoms with Gasteiger partial charge in [-0.05, 0) is 11.8 Å². The van der Waals surface area contributed by atoms with Gasteiger partial charge in [-0.25, -0.2) is 19.3 Å². The fraction of sp³-hybridized carbons (Fsp3) is 0.500. The second kappa shape index (κ2) is 5.89. The molecule has 14 heteroatoms. The number of hydrogen-bond acceptors (Lipinski definition) is 9. The smallest absolute Gasteiger partial charge is 0.321 e. The van der Waals surface area contributed by atoms with Crippen molar-refractivity contribution in [1.82, 2.24) is 19.5 Å². The second-order valence-corrected chi connectivity index (χ2v) is 7.73. The summed E-state index contributed by atoms with van der Waals surface area (Å²) in [6.45, 7) is -4.67. The average Bonchev–Trinajstić information content (AvgIpc) is 2.99. The van der Waals surface area contributed by atoms with E-state index in [9.17, 15) is 14.6 Å². The maximum Gasteiger partial charge on any atom is 0.321 e. The number of nitrogen functional groups attached to an aromatic ring is 1. The Kier molecular flexibility index (Phi) is 4.30. The summed E-state index contributed by atoms with van der Waals surface area (Å²) in [5, 5.41) is 19.9. The molecule has 0 aliphatic carbocycles. The van der Waals surface area contributed by atoms with Crippen LogP contribution in [-0.2, 0) is 21.1 Å². The van der Waals surface area contributed by atoms with Crippen LogP contribution in [0.4, 0.5) is 10.2 Å². The van der Waals surface area contributed by atoms with Gasteiger partial charge in [-0.3, -0.25) is 4.57 Å². The number of alkyl halides is 1. The zero-order valence-electron chi connectivity index (χ0n) is 11.8. The molecule has 3 heterocycles. The molecular weight excluding hydrogens is 368 g/mol. The maximum atomic E-state index is 14.6. The van der Waals surface area contributed by atoms with Gasteiger partial charge < -0.3 is 35.0 Å². The van der Waals surface area contributed by atoms with Crippen molar-refractivity contribution in [3.05, 3.63) is 12.7 Å². The van der Waals surface area contributed by atoms with Crippen molar-refractivity contribution in [2.45, 2.75) is 24.3 Å². The Balaban J connectivity index is 1.92. The van der Waals surface area contributed by atoms with Crippen molar-refractivity contribution in [3.8, 4) is 0 Å². The van der Waals surface area contributed by atoms with Crippen molar-refractivity contribution in [2.24, 2.45) is 0 Å². The lowest BCUT2D eigenvalue weighted by atomic mass is 10.1. The molecule has 6 N–H and O–H groups in total. The summed E-state index contributed by atoms with van der Waals surface area (Å²) in [4.78, 5) is 29.6. The molecule has 0 spiro atoms. The lowest BCUT2D eigenvalue weighted by Crippen LogP contribution is -2.43. The van der Waals surface area contributed by atoms with Gasteiger partial charge in [0, 0.05) is 0 Å². The molecule has 24 heavy (non-hydrogen) atoms. The van der Waals surface area contributed by atoms with E-state index < -0.39 is 37.6 Å². The summed E-state index contributed by atoms with van der Waals surface area (Å²) in [6, 6.07) is 0. The third kappa shape index (κ3) is 3.00. The Bertz CT molecular complexity index is 814. The highest BCUT2D eigenvalue weighted by Crippen LogP contribution is 2.43. The molecule has 0 unspecified atom stereocenters. The van der Waals surface area contributed by atoms with Crippen molar-refractivity contribution < 1.29 is 33.7 Å². The molecule has 1 aliphatic rings. The third-order valence-electron chi connectivity index (χ3n) is 3.46. The fourth-order valence-corrected chi connectivity index (χ4v) is 2.87. The maximum absolute atomic E-state index is 14.6. The number of nitrogens with zero attached hydrogens (tertiary/aromatic N) is 4. The first-order valence-electron chi connectivity index (χ1n) is 6.49. The molecular formula is C10H13FN5O6PS. The molecule has 2 aromatic heterocycles. The molecule has 1 saturated heterocycles. The van der Waals surface area contributed by atoms with E-state index in [-0.39, 0.29) is 17.0 Å². The van der Waals surface area contributed by atoms with E-state index in [1.165, 1.54) is 0 Å². The molecule has 0 saturated carbocycles. The Morgan fingerprint density at radius 3 is 2.83 bits per heavy atom. The number of ether oxygens (including phenoxy) is 1. The Morgan fingerprint density at radius 2 is 2.17 bits per heavy atom. The molecule has 11 nitrogen and oxygen atoms in total. The number of aliphatic hydroxyl groups is 2. The molecule has 0 bridgehead atoms. The molecule has 2 aromatic rings. The van der Waals surface area contributed by atoms with Gasteiger partial charge >= 0.3 is 6.72 Å². The highest BCUT2D eigenvalue weighted by Gasteiger charge is 2.58. The van der Waals surface area contributed by atoms with Gasteiger partial charge in [0.05, 0.1) is 12.9 Å². The Morgan fingerprint density at radius 1 is 1.46 bits per heavy atom. The molecule has 1 fully saturated rings. The highest BCUT2D eigenvalue weighted by atomic mass is 32.5. The fourth-order valence-electron chi connectivity index (χ4n) is 2.35. The third-order valence-corrected chi connectivity index (χ3v) is 4.27. The number of rotatable bonds is 4. The Hall–Kier alpha value is -1.31. The van der Waals surface area contributed by atoms with Crippen LogP contribution in [0.2, 0.25) is 0 Å². The van der Waals surface area contributed by atoms with Crippen molar-refractivity contribution in [3.63, 3.8) is 0 Å². The number of aliphatic hydroxyl groups excluding tert-OH is 1. The normalized spacial score (nSPS) is 31.0. The number of aromatic nitrogens is 4.